The number of halogens is 1. The zero-order chi connectivity index (χ0) is 27.4. The van der Waals surface area contributed by atoms with Crippen molar-refractivity contribution in [1.82, 2.24) is 0 Å². The zero-order valence-electron chi connectivity index (χ0n) is 23.1. The van der Waals surface area contributed by atoms with Crippen molar-refractivity contribution < 1.29 is 19.0 Å². The number of carboxylic acids is 1. The van der Waals surface area contributed by atoms with Crippen LogP contribution in [-0.4, -0.2) is 18.2 Å². The van der Waals surface area contributed by atoms with Crippen LogP contribution in [0.15, 0.2) is 65.6 Å². The van der Waals surface area contributed by atoms with Crippen molar-refractivity contribution in [1.29, 1.82) is 0 Å². The summed E-state index contributed by atoms with van der Waals surface area (Å²) in [7, 11) is 1.61. The Morgan fingerprint density at radius 1 is 1.13 bits per heavy atom. The van der Waals surface area contributed by atoms with Crippen LogP contribution in [0.3, 0.4) is 0 Å². The fourth-order valence-corrected chi connectivity index (χ4v) is 6.94. The summed E-state index contributed by atoms with van der Waals surface area (Å²) in [6, 6.07) is 19.7. The average molecular weight is 535 g/mol. The highest BCUT2D eigenvalue weighted by Gasteiger charge is 2.37. The summed E-state index contributed by atoms with van der Waals surface area (Å²) >= 11 is 1.76. The molecule has 0 radical (unpaired) electrons. The summed E-state index contributed by atoms with van der Waals surface area (Å²) in [6.07, 6.45) is 4.22. The number of rotatable bonds is 10. The van der Waals surface area contributed by atoms with Crippen LogP contribution >= 0.6 is 11.8 Å². The first-order chi connectivity index (χ1) is 18.1. The van der Waals surface area contributed by atoms with E-state index in [-0.39, 0.29) is 17.2 Å². The lowest BCUT2D eigenvalue weighted by Crippen LogP contribution is -2.18. The van der Waals surface area contributed by atoms with Crippen LogP contribution in [0.4, 0.5) is 4.39 Å². The van der Waals surface area contributed by atoms with Crippen molar-refractivity contribution in [3.63, 3.8) is 0 Å². The van der Waals surface area contributed by atoms with Crippen molar-refractivity contribution >= 4 is 17.7 Å². The molecular formula is C33H39FO3S. The Bertz CT molecular complexity index is 1280. The third kappa shape index (κ3) is 6.09. The number of ether oxygens (including phenoxy) is 1. The van der Waals surface area contributed by atoms with E-state index >= 15 is 4.39 Å². The standard InChI is InChI=1S/C33H39FO3S/c1-6-26(21(2)32(35)36)23-9-7-10-25(18-23)38-20-22-12-14-27(29-19-24(37-5)13-15-31(29)34)28(17-22)30-11-8-16-33(30,3)4/h7,9-10,12-15,17-19,21,26,30H,6,8,11,16,20H2,1-5H3,(H,35,36)/t21?,26-,30-/m1/s1. The largest absolute Gasteiger partial charge is 0.497 e. The number of carbonyl (C=O) groups is 1. The first-order valence-corrected chi connectivity index (χ1v) is 14.6. The maximum atomic E-state index is 15.1. The number of thioether (sulfide) groups is 1. The number of benzene rings is 3. The van der Waals surface area contributed by atoms with Gasteiger partial charge in [-0.25, -0.2) is 4.39 Å². The monoisotopic (exact) mass is 534 g/mol. The first kappa shape index (κ1) is 28.2. The second-order valence-electron chi connectivity index (χ2n) is 11.2. The molecule has 5 heteroatoms. The molecule has 1 saturated carbocycles. The van der Waals surface area contributed by atoms with Crippen molar-refractivity contribution in [3.8, 4) is 16.9 Å². The van der Waals surface area contributed by atoms with Gasteiger partial charge in [-0.15, -0.1) is 11.8 Å². The van der Waals surface area contributed by atoms with Gasteiger partial charge in [0.15, 0.2) is 0 Å². The average Bonchev–Trinajstić information content (AvgIpc) is 3.27. The Morgan fingerprint density at radius 2 is 1.92 bits per heavy atom. The van der Waals surface area contributed by atoms with E-state index in [1.54, 1.807) is 37.9 Å². The lowest BCUT2D eigenvalue weighted by molar-refractivity contribution is -0.141. The molecule has 4 rings (SSSR count). The molecule has 0 saturated heterocycles. The second-order valence-corrected chi connectivity index (χ2v) is 12.3. The molecule has 3 aromatic rings. The molecule has 3 nitrogen and oxygen atoms in total. The Hall–Kier alpha value is -2.79. The fraction of sp³-hybridized carbons (Fsp3) is 0.424. The molecule has 0 bridgehead atoms. The highest BCUT2D eigenvalue weighted by atomic mass is 32.2. The van der Waals surface area contributed by atoms with Crippen LogP contribution in [0.2, 0.25) is 0 Å². The van der Waals surface area contributed by atoms with Crippen LogP contribution < -0.4 is 4.74 Å². The molecule has 1 unspecified atom stereocenters. The van der Waals surface area contributed by atoms with Crippen LogP contribution in [0, 0.1) is 17.2 Å². The predicted molar refractivity (Wildman–Crippen MR) is 155 cm³/mol. The van der Waals surface area contributed by atoms with Gasteiger partial charge in [0.1, 0.15) is 11.6 Å². The minimum absolute atomic E-state index is 0.0127. The van der Waals surface area contributed by atoms with Gasteiger partial charge in [-0.3, -0.25) is 4.79 Å². The zero-order valence-corrected chi connectivity index (χ0v) is 23.9. The van der Waals surface area contributed by atoms with Crippen LogP contribution in [0.25, 0.3) is 11.1 Å². The van der Waals surface area contributed by atoms with Gasteiger partial charge in [-0.2, -0.15) is 0 Å². The first-order valence-electron chi connectivity index (χ1n) is 13.6. The van der Waals surface area contributed by atoms with Gasteiger partial charge in [0.2, 0.25) is 0 Å². The molecular weight excluding hydrogens is 495 g/mol. The van der Waals surface area contributed by atoms with E-state index in [0.29, 0.717) is 17.2 Å². The van der Waals surface area contributed by atoms with E-state index in [1.807, 2.05) is 19.1 Å². The van der Waals surface area contributed by atoms with Gasteiger partial charge in [0, 0.05) is 16.2 Å². The second kappa shape index (κ2) is 11.9. The van der Waals surface area contributed by atoms with E-state index in [2.05, 4.69) is 44.2 Å². The highest BCUT2D eigenvalue weighted by Crippen LogP contribution is 2.51. The molecule has 0 aliphatic heterocycles. The van der Waals surface area contributed by atoms with Crippen molar-refractivity contribution in [3.05, 3.63) is 83.2 Å². The Kier molecular flexibility index (Phi) is 8.87. The molecule has 0 aromatic heterocycles. The van der Waals surface area contributed by atoms with Gasteiger partial charge < -0.3 is 9.84 Å². The molecule has 1 fully saturated rings. The summed E-state index contributed by atoms with van der Waals surface area (Å²) < 4.78 is 20.5. The smallest absolute Gasteiger partial charge is 0.306 e. The molecule has 0 amide bonds. The van der Waals surface area contributed by atoms with E-state index in [0.717, 1.165) is 41.0 Å². The quantitative estimate of drug-likeness (QED) is 0.263. The van der Waals surface area contributed by atoms with Crippen LogP contribution in [0.1, 0.15) is 81.9 Å². The van der Waals surface area contributed by atoms with Gasteiger partial charge in [-0.05, 0) is 89.1 Å². The Balaban J connectivity index is 1.65. The molecule has 1 N–H and O–H groups in total. The summed E-state index contributed by atoms with van der Waals surface area (Å²) in [6.45, 7) is 8.48. The van der Waals surface area contributed by atoms with Crippen molar-refractivity contribution in [2.45, 2.75) is 75.9 Å². The van der Waals surface area contributed by atoms with Gasteiger partial charge in [0.05, 0.1) is 13.0 Å². The summed E-state index contributed by atoms with van der Waals surface area (Å²) in [4.78, 5) is 12.7. The van der Waals surface area contributed by atoms with E-state index < -0.39 is 11.9 Å². The van der Waals surface area contributed by atoms with Crippen LogP contribution in [0.5, 0.6) is 5.75 Å². The van der Waals surface area contributed by atoms with Crippen molar-refractivity contribution in [2.75, 3.05) is 7.11 Å². The lowest BCUT2D eigenvalue weighted by Gasteiger charge is -2.30. The highest BCUT2D eigenvalue weighted by molar-refractivity contribution is 7.98. The number of hydrogen-bond acceptors (Lipinski definition) is 3. The van der Waals surface area contributed by atoms with Gasteiger partial charge >= 0.3 is 5.97 Å². The molecule has 1 aliphatic rings. The van der Waals surface area contributed by atoms with Crippen molar-refractivity contribution in [2.24, 2.45) is 11.3 Å². The summed E-state index contributed by atoms with van der Waals surface area (Å²) in [5.74, 6) is 0.367. The summed E-state index contributed by atoms with van der Waals surface area (Å²) in [5, 5.41) is 9.53. The van der Waals surface area contributed by atoms with Gasteiger partial charge in [0.25, 0.3) is 0 Å². The number of aliphatic carboxylic acids is 1. The molecule has 3 atom stereocenters. The normalized spacial score (nSPS) is 18.2. The van der Waals surface area contributed by atoms with Crippen LogP contribution in [-0.2, 0) is 10.5 Å². The molecule has 38 heavy (non-hydrogen) atoms. The minimum Gasteiger partial charge on any atom is -0.497 e. The number of carboxylic acid groups (broad SMARTS) is 1. The Morgan fingerprint density at radius 3 is 2.58 bits per heavy atom. The molecule has 202 valence electrons. The fourth-order valence-electron chi connectivity index (χ4n) is 6.03. The molecule has 0 spiro atoms. The summed E-state index contributed by atoms with van der Waals surface area (Å²) in [5.41, 5.74) is 5.19. The lowest BCUT2D eigenvalue weighted by atomic mass is 9.75. The predicted octanol–water partition coefficient (Wildman–Crippen LogP) is 9.30. The van der Waals surface area contributed by atoms with Gasteiger partial charge in [-0.1, -0.05) is 64.4 Å². The Labute approximate surface area is 230 Å². The topological polar surface area (TPSA) is 46.5 Å². The molecule has 3 aromatic carbocycles. The maximum Gasteiger partial charge on any atom is 0.306 e. The van der Waals surface area contributed by atoms with E-state index in [1.165, 1.54) is 23.6 Å². The third-order valence-electron chi connectivity index (χ3n) is 8.34. The minimum atomic E-state index is -0.759. The van der Waals surface area contributed by atoms with E-state index in [9.17, 15) is 9.90 Å². The maximum absolute atomic E-state index is 15.1. The van der Waals surface area contributed by atoms with E-state index in [4.69, 9.17) is 4.74 Å². The molecule has 0 heterocycles. The number of methoxy groups -OCH3 is 1. The SMILES string of the molecule is CC[C@@H](c1cccc(SCc2ccc(-c3cc(OC)ccc3F)c([C@H]3CCCC3(C)C)c2)c1)C(C)C(=O)O. The number of hydrogen-bond donors (Lipinski definition) is 1. The third-order valence-corrected chi connectivity index (χ3v) is 9.40. The molecule has 1 aliphatic carbocycles.